The van der Waals surface area contributed by atoms with Gasteiger partial charge in [-0.25, -0.2) is 9.59 Å². The number of hydrogen-bond acceptors (Lipinski definition) is 4. The van der Waals surface area contributed by atoms with E-state index in [4.69, 9.17) is 5.11 Å². The summed E-state index contributed by atoms with van der Waals surface area (Å²) in [6, 6.07) is 4.33. The lowest BCUT2D eigenvalue weighted by Crippen LogP contribution is -2.45. The van der Waals surface area contributed by atoms with Crippen molar-refractivity contribution in [2.75, 3.05) is 0 Å². The van der Waals surface area contributed by atoms with Crippen molar-refractivity contribution in [3.8, 4) is 0 Å². The van der Waals surface area contributed by atoms with Crippen LogP contribution in [0.2, 0.25) is 0 Å². The number of nitro benzene ring substituents is 1. The largest absolute Gasteiger partial charge is 0.480 e. The Morgan fingerprint density at radius 1 is 1.40 bits per heavy atom. The minimum Gasteiger partial charge on any atom is -0.480 e. The third-order valence-electron chi connectivity index (χ3n) is 2.64. The van der Waals surface area contributed by atoms with Crippen LogP contribution in [-0.4, -0.2) is 28.1 Å². The Balaban J connectivity index is 2.61. The molecule has 0 aromatic heterocycles. The Morgan fingerprint density at radius 3 is 2.60 bits per heavy atom. The van der Waals surface area contributed by atoms with Gasteiger partial charge in [0, 0.05) is 11.6 Å². The monoisotopic (exact) mass is 281 g/mol. The quantitative estimate of drug-likeness (QED) is 0.535. The first kappa shape index (κ1) is 15.4. The van der Waals surface area contributed by atoms with Crippen LogP contribution in [0.15, 0.2) is 24.3 Å². The number of carbonyl (C=O) groups excluding carboxylic acids is 1. The zero-order chi connectivity index (χ0) is 15.1. The Hall–Kier alpha value is -2.64. The number of nitrogens with zero attached hydrogens (tertiary/aromatic N) is 1. The summed E-state index contributed by atoms with van der Waals surface area (Å²) in [4.78, 5) is 32.5. The molecule has 0 aliphatic carbocycles. The second kappa shape index (κ2) is 7.07. The van der Waals surface area contributed by atoms with Gasteiger partial charge in [-0.1, -0.05) is 25.1 Å². The fraction of sp³-hybridized carbons (Fsp3) is 0.333. The Bertz CT molecular complexity index is 518. The second-order valence-electron chi connectivity index (χ2n) is 4.01. The van der Waals surface area contributed by atoms with Gasteiger partial charge in [0.2, 0.25) is 0 Å². The van der Waals surface area contributed by atoms with Gasteiger partial charge in [-0.3, -0.25) is 10.1 Å². The fourth-order valence-corrected chi connectivity index (χ4v) is 1.56. The van der Waals surface area contributed by atoms with E-state index >= 15 is 0 Å². The molecule has 3 N–H and O–H groups in total. The normalized spacial score (nSPS) is 11.4. The number of nitro groups is 1. The average molecular weight is 281 g/mol. The van der Waals surface area contributed by atoms with Gasteiger partial charge in [0.15, 0.2) is 0 Å². The molecule has 8 nitrogen and oxygen atoms in total. The third kappa shape index (κ3) is 4.23. The van der Waals surface area contributed by atoms with Crippen LogP contribution < -0.4 is 10.6 Å². The van der Waals surface area contributed by atoms with Crippen LogP contribution in [0.25, 0.3) is 0 Å². The molecule has 0 spiro atoms. The van der Waals surface area contributed by atoms with Crippen LogP contribution >= 0.6 is 0 Å². The number of rotatable bonds is 6. The van der Waals surface area contributed by atoms with Crippen LogP contribution in [0.3, 0.4) is 0 Å². The molecule has 8 heteroatoms. The molecule has 1 unspecified atom stereocenters. The summed E-state index contributed by atoms with van der Waals surface area (Å²) in [7, 11) is 0. The van der Waals surface area contributed by atoms with Gasteiger partial charge in [0.05, 0.1) is 11.5 Å². The van der Waals surface area contributed by atoms with Gasteiger partial charge in [0.25, 0.3) is 5.69 Å². The Morgan fingerprint density at radius 2 is 2.05 bits per heavy atom. The van der Waals surface area contributed by atoms with E-state index in [0.29, 0.717) is 5.56 Å². The first-order valence-electron chi connectivity index (χ1n) is 5.95. The Labute approximate surface area is 114 Å². The Kier molecular flexibility index (Phi) is 5.45. The summed E-state index contributed by atoms with van der Waals surface area (Å²) in [6.07, 6.45) is 0.244. The predicted octanol–water partition coefficient (Wildman–Crippen LogP) is 1.26. The van der Waals surface area contributed by atoms with E-state index in [2.05, 4.69) is 10.6 Å². The first-order chi connectivity index (χ1) is 9.45. The first-order valence-corrected chi connectivity index (χ1v) is 5.95. The van der Waals surface area contributed by atoms with Crippen molar-refractivity contribution in [3.63, 3.8) is 0 Å². The molecule has 0 saturated carbocycles. The molecule has 2 amide bonds. The van der Waals surface area contributed by atoms with Crippen LogP contribution in [0.1, 0.15) is 18.9 Å². The van der Waals surface area contributed by atoms with Crippen molar-refractivity contribution in [1.29, 1.82) is 0 Å². The molecular formula is C12H15N3O5. The van der Waals surface area contributed by atoms with E-state index in [9.17, 15) is 19.7 Å². The van der Waals surface area contributed by atoms with Gasteiger partial charge in [-0.2, -0.15) is 0 Å². The number of para-hydroxylation sites is 1. The number of urea groups is 1. The lowest BCUT2D eigenvalue weighted by Gasteiger charge is -2.13. The number of carboxylic acids is 1. The van der Waals surface area contributed by atoms with Gasteiger partial charge in [-0.05, 0) is 6.42 Å². The van der Waals surface area contributed by atoms with Gasteiger partial charge in [-0.15, -0.1) is 0 Å². The molecular weight excluding hydrogens is 266 g/mol. The molecule has 0 heterocycles. The highest BCUT2D eigenvalue weighted by molar-refractivity contribution is 5.82. The summed E-state index contributed by atoms with van der Waals surface area (Å²) in [5.74, 6) is -1.13. The fourth-order valence-electron chi connectivity index (χ4n) is 1.56. The SMILES string of the molecule is CCC(NC(=O)NCc1ccccc1[N+](=O)[O-])C(=O)O. The van der Waals surface area contributed by atoms with E-state index in [1.165, 1.54) is 18.2 Å². The van der Waals surface area contributed by atoms with E-state index in [-0.39, 0.29) is 18.7 Å². The van der Waals surface area contributed by atoms with Crippen LogP contribution in [0.5, 0.6) is 0 Å². The average Bonchev–Trinajstić information content (AvgIpc) is 2.42. The minimum absolute atomic E-state index is 0.0565. The van der Waals surface area contributed by atoms with Gasteiger partial charge in [0.1, 0.15) is 6.04 Å². The predicted molar refractivity (Wildman–Crippen MR) is 70.2 cm³/mol. The van der Waals surface area contributed by atoms with E-state index in [1.54, 1.807) is 13.0 Å². The second-order valence-corrected chi connectivity index (χ2v) is 4.01. The molecule has 1 aromatic carbocycles. The molecule has 0 aliphatic heterocycles. The molecule has 0 bridgehead atoms. The maximum Gasteiger partial charge on any atom is 0.326 e. The van der Waals surface area contributed by atoms with Crippen molar-refractivity contribution in [1.82, 2.24) is 10.6 Å². The van der Waals surface area contributed by atoms with E-state index in [1.807, 2.05) is 0 Å². The van der Waals surface area contributed by atoms with Crippen molar-refractivity contribution in [3.05, 3.63) is 39.9 Å². The van der Waals surface area contributed by atoms with Crippen molar-refractivity contribution < 1.29 is 19.6 Å². The zero-order valence-electron chi connectivity index (χ0n) is 10.8. The molecule has 1 rings (SSSR count). The molecule has 1 aromatic rings. The van der Waals surface area contributed by atoms with Gasteiger partial charge >= 0.3 is 12.0 Å². The van der Waals surface area contributed by atoms with Gasteiger partial charge < -0.3 is 15.7 Å². The smallest absolute Gasteiger partial charge is 0.326 e. The number of hydrogen-bond donors (Lipinski definition) is 3. The highest BCUT2D eigenvalue weighted by Gasteiger charge is 2.18. The molecule has 0 fully saturated rings. The summed E-state index contributed by atoms with van der Waals surface area (Å²) < 4.78 is 0. The summed E-state index contributed by atoms with van der Waals surface area (Å²) in [5.41, 5.74) is 0.245. The number of nitrogens with one attached hydrogen (secondary N) is 2. The number of carboxylic acid groups (broad SMARTS) is 1. The highest BCUT2D eigenvalue weighted by Crippen LogP contribution is 2.16. The van der Waals surface area contributed by atoms with Crippen molar-refractivity contribution >= 4 is 17.7 Å². The summed E-state index contributed by atoms with van der Waals surface area (Å²) in [6.45, 7) is 1.57. The lowest BCUT2D eigenvalue weighted by atomic mass is 10.2. The van der Waals surface area contributed by atoms with Crippen LogP contribution in [0, 0.1) is 10.1 Å². The molecule has 0 saturated heterocycles. The van der Waals surface area contributed by atoms with E-state index in [0.717, 1.165) is 0 Å². The molecule has 0 aliphatic rings. The molecule has 1 atom stereocenters. The maximum atomic E-state index is 11.5. The summed E-state index contributed by atoms with van der Waals surface area (Å²) in [5, 5.41) is 24.2. The molecule has 108 valence electrons. The number of carbonyl (C=O) groups is 2. The van der Waals surface area contributed by atoms with Crippen LogP contribution in [-0.2, 0) is 11.3 Å². The summed E-state index contributed by atoms with van der Waals surface area (Å²) >= 11 is 0. The maximum absolute atomic E-state index is 11.5. The number of amides is 2. The van der Waals surface area contributed by atoms with Crippen molar-refractivity contribution in [2.45, 2.75) is 25.9 Å². The minimum atomic E-state index is -1.13. The van der Waals surface area contributed by atoms with Crippen LogP contribution in [0.4, 0.5) is 10.5 Å². The topological polar surface area (TPSA) is 122 Å². The third-order valence-corrected chi connectivity index (χ3v) is 2.64. The van der Waals surface area contributed by atoms with Crippen molar-refractivity contribution in [2.24, 2.45) is 0 Å². The number of benzene rings is 1. The lowest BCUT2D eigenvalue weighted by molar-refractivity contribution is -0.385. The number of aliphatic carboxylic acids is 1. The molecule has 20 heavy (non-hydrogen) atoms. The zero-order valence-corrected chi connectivity index (χ0v) is 10.8. The van der Waals surface area contributed by atoms with E-state index < -0.39 is 23.0 Å². The highest BCUT2D eigenvalue weighted by atomic mass is 16.6. The standard InChI is InChI=1S/C12H15N3O5/c1-2-9(11(16)17)14-12(18)13-7-8-5-3-4-6-10(8)15(19)20/h3-6,9H,2,7H2,1H3,(H,16,17)(H2,13,14,18). The molecule has 0 radical (unpaired) electrons.